The van der Waals surface area contributed by atoms with Crippen LogP contribution in [0.2, 0.25) is 5.02 Å². The van der Waals surface area contributed by atoms with Crippen molar-refractivity contribution in [3.63, 3.8) is 0 Å². The number of carbonyl (C=O) groups is 2. The first-order valence-corrected chi connectivity index (χ1v) is 12.8. The molecule has 3 rings (SSSR count). The number of halogens is 4. The first kappa shape index (κ1) is 31.8. The molecule has 0 aliphatic carbocycles. The molecule has 0 saturated carbocycles. The molecule has 1 heterocycles. The van der Waals surface area contributed by atoms with Crippen molar-refractivity contribution in [2.24, 2.45) is 4.99 Å². The molecular weight excluding hydrogens is 597 g/mol. The molecule has 0 unspecified atom stereocenters. The van der Waals surface area contributed by atoms with Crippen LogP contribution in [0.15, 0.2) is 34.2 Å². The van der Waals surface area contributed by atoms with Gasteiger partial charge in [-0.05, 0) is 29.5 Å². The molecule has 41 heavy (non-hydrogen) atoms. The highest BCUT2D eigenvalue weighted by Gasteiger charge is 2.38. The first-order valence-electron chi connectivity index (χ1n) is 11.6. The number of hydrazine groups is 1. The second-order valence-electron chi connectivity index (χ2n) is 9.06. The van der Waals surface area contributed by atoms with Crippen LogP contribution >= 0.6 is 23.4 Å². The van der Waals surface area contributed by atoms with Gasteiger partial charge < -0.3 is 19.3 Å². The number of amidine groups is 1. The maximum atomic E-state index is 13.7. The van der Waals surface area contributed by atoms with E-state index in [2.05, 4.69) is 20.6 Å². The maximum absolute atomic E-state index is 13.7. The molecule has 0 bridgehead atoms. The van der Waals surface area contributed by atoms with Gasteiger partial charge in [-0.25, -0.2) is 9.79 Å². The number of amides is 1. The minimum Gasteiger partial charge on any atom is -0.490 e. The third-order valence-electron chi connectivity index (χ3n) is 5.60. The van der Waals surface area contributed by atoms with Crippen LogP contribution in [-0.2, 0) is 25.9 Å². The number of benzene rings is 2. The van der Waals surface area contributed by atoms with Crippen LogP contribution in [0.3, 0.4) is 0 Å². The summed E-state index contributed by atoms with van der Waals surface area (Å²) >= 11 is 6.87. The Kier molecular flexibility index (Phi) is 9.94. The van der Waals surface area contributed by atoms with E-state index in [1.54, 1.807) is 19.9 Å². The number of thioether (sulfide) groups is 1. The summed E-state index contributed by atoms with van der Waals surface area (Å²) in [4.78, 5) is 39.0. The molecule has 0 radical (unpaired) electrons. The van der Waals surface area contributed by atoms with Crippen molar-refractivity contribution in [1.29, 1.82) is 0 Å². The Morgan fingerprint density at radius 3 is 2.54 bits per heavy atom. The van der Waals surface area contributed by atoms with E-state index in [9.17, 15) is 32.9 Å². The van der Waals surface area contributed by atoms with E-state index in [4.69, 9.17) is 26.2 Å². The van der Waals surface area contributed by atoms with E-state index < -0.39 is 52.0 Å². The Morgan fingerprint density at radius 2 is 1.93 bits per heavy atom. The van der Waals surface area contributed by atoms with E-state index in [1.807, 2.05) is 0 Å². The molecule has 1 amide bonds. The largest absolute Gasteiger partial charge is 0.490 e. The number of nitro groups is 1. The normalized spacial score (nSPS) is 14.7. The molecule has 3 N–H and O–H groups in total. The van der Waals surface area contributed by atoms with Crippen molar-refractivity contribution >= 4 is 51.8 Å². The monoisotopic (exact) mass is 620 g/mol. The number of ether oxygens (including phenoxy) is 3. The molecule has 0 spiro atoms. The fourth-order valence-corrected chi connectivity index (χ4v) is 4.78. The number of aliphatic hydroxyl groups excluding tert-OH is 1. The van der Waals surface area contributed by atoms with Gasteiger partial charge in [0.1, 0.15) is 23.7 Å². The number of nitrogens with zero attached hydrogens (tertiary/aromatic N) is 2. The van der Waals surface area contributed by atoms with Crippen molar-refractivity contribution in [2.45, 2.75) is 36.8 Å². The molecule has 0 aromatic heterocycles. The van der Waals surface area contributed by atoms with Gasteiger partial charge in [0.25, 0.3) is 5.69 Å². The molecule has 1 aliphatic rings. The van der Waals surface area contributed by atoms with Crippen molar-refractivity contribution in [3.8, 4) is 11.5 Å². The van der Waals surface area contributed by atoms with Crippen LogP contribution in [0.4, 0.5) is 24.5 Å². The van der Waals surface area contributed by atoms with Crippen LogP contribution in [0, 0.1) is 10.1 Å². The molecule has 222 valence electrons. The van der Waals surface area contributed by atoms with Gasteiger partial charge >= 0.3 is 12.1 Å². The number of alkyl halides is 3. The van der Waals surface area contributed by atoms with E-state index in [-0.39, 0.29) is 52.2 Å². The molecule has 2 aromatic carbocycles. The van der Waals surface area contributed by atoms with Gasteiger partial charge in [0.15, 0.2) is 11.8 Å². The molecule has 17 heteroatoms. The summed E-state index contributed by atoms with van der Waals surface area (Å²) in [6.45, 7) is 2.30. The lowest BCUT2D eigenvalue weighted by Crippen LogP contribution is -2.41. The maximum Gasteiger partial charge on any atom is 0.420 e. The highest BCUT2D eigenvalue weighted by molar-refractivity contribution is 8.14. The summed E-state index contributed by atoms with van der Waals surface area (Å²) in [5, 5.41) is 20.8. The predicted octanol–water partition coefficient (Wildman–Crippen LogP) is 4.27. The van der Waals surface area contributed by atoms with Crippen molar-refractivity contribution in [1.82, 2.24) is 10.9 Å². The Hall–Kier alpha value is -3.76. The number of nitrogens with one attached hydrogen (secondary N) is 2. The fourth-order valence-electron chi connectivity index (χ4n) is 3.71. The topological polar surface area (TPSA) is 162 Å². The smallest absolute Gasteiger partial charge is 0.420 e. The van der Waals surface area contributed by atoms with Gasteiger partial charge in [0, 0.05) is 24.0 Å². The summed E-state index contributed by atoms with van der Waals surface area (Å²) in [7, 11) is 1.01. The van der Waals surface area contributed by atoms with Crippen molar-refractivity contribution in [2.75, 3.05) is 26.9 Å². The van der Waals surface area contributed by atoms with Crippen LogP contribution in [-0.4, -0.2) is 54.0 Å². The summed E-state index contributed by atoms with van der Waals surface area (Å²) in [5.41, 5.74) is 2.44. The van der Waals surface area contributed by atoms with Crippen molar-refractivity contribution < 1.29 is 47.0 Å². The van der Waals surface area contributed by atoms with Crippen LogP contribution in [0.25, 0.3) is 0 Å². The SMILES string of the molecule is COC(=O)COc1cc(SC2=Nc3cc(Cl)c(OCCO)cc3C(C)(C)CC(=O)NN2)c([N+](=O)[O-])cc1C(F)(F)F. The van der Waals surface area contributed by atoms with E-state index in [1.165, 1.54) is 6.07 Å². The summed E-state index contributed by atoms with van der Waals surface area (Å²) < 4.78 is 56.0. The molecule has 0 atom stereocenters. The van der Waals surface area contributed by atoms with Crippen LogP contribution in [0.1, 0.15) is 31.4 Å². The third kappa shape index (κ3) is 7.92. The fraction of sp³-hybridized carbons (Fsp3) is 0.375. The number of aliphatic imine (C=N–C) groups is 1. The standard InChI is InChI=1S/C24H24ClF3N4O8S/c1-23(2)10-20(34)30-31-22(29-15-8-14(25)18(7-12(15)23)39-5-4-33)41-19-9-17(40-11-21(35)38-3)13(24(26,27)28)6-16(19)32(36)37/h6-9,33H,4-5,10-11H2,1-3H3,(H,29,31)(H,30,34). The molecule has 0 saturated heterocycles. The number of hydrogen-bond donors (Lipinski definition) is 3. The Bertz CT molecular complexity index is 1390. The lowest BCUT2D eigenvalue weighted by molar-refractivity contribution is -0.388. The minimum absolute atomic E-state index is 0.0481. The molecule has 0 fully saturated rings. The number of methoxy groups -OCH3 is 1. The molecule has 1 aliphatic heterocycles. The van der Waals surface area contributed by atoms with Gasteiger partial charge in [-0.15, -0.1) is 0 Å². The number of fused-ring (bicyclic) bond motifs is 1. The minimum atomic E-state index is -5.06. The zero-order chi connectivity index (χ0) is 30.5. The summed E-state index contributed by atoms with van der Waals surface area (Å²) in [6, 6.07) is 4.01. The Labute approximate surface area is 240 Å². The zero-order valence-electron chi connectivity index (χ0n) is 21.8. The highest BCUT2D eigenvalue weighted by atomic mass is 35.5. The molecule has 2 aromatic rings. The lowest BCUT2D eigenvalue weighted by Gasteiger charge is -2.26. The number of esters is 1. The molecular formula is C24H24ClF3N4O8S. The van der Waals surface area contributed by atoms with Crippen LogP contribution in [0.5, 0.6) is 11.5 Å². The number of hydrogen-bond acceptors (Lipinski definition) is 11. The van der Waals surface area contributed by atoms with E-state index in [0.29, 0.717) is 17.3 Å². The number of rotatable bonds is 8. The van der Waals surface area contributed by atoms with Gasteiger partial charge in [0.05, 0.1) is 34.2 Å². The highest BCUT2D eigenvalue weighted by Crippen LogP contribution is 2.45. The van der Waals surface area contributed by atoms with Gasteiger partial charge in [0.2, 0.25) is 5.91 Å². The van der Waals surface area contributed by atoms with Crippen molar-refractivity contribution in [3.05, 3.63) is 50.5 Å². The first-order chi connectivity index (χ1) is 19.2. The Balaban J connectivity index is 2.17. The average molecular weight is 621 g/mol. The molecule has 12 nitrogen and oxygen atoms in total. The number of aliphatic hydroxyl groups is 1. The van der Waals surface area contributed by atoms with Crippen LogP contribution < -0.4 is 20.3 Å². The zero-order valence-corrected chi connectivity index (χ0v) is 23.3. The summed E-state index contributed by atoms with van der Waals surface area (Å²) in [5.74, 6) is -2.11. The van der Waals surface area contributed by atoms with E-state index >= 15 is 0 Å². The predicted molar refractivity (Wildman–Crippen MR) is 142 cm³/mol. The Morgan fingerprint density at radius 1 is 1.22 bits per heavy atom. The van der Waals surface area contributed by atoms with Gasteiger partial charge in [-0.2, -0.15) is 13.2 Å². The van der Waals surface area contributed by atoms with Gasteiger partial charge in [-0.1, -0.05) is 25.4 Å². The lowest BCUT2D eigenvalue weighted by atomic mass is 9.80. The number of carbonyl (C=O) groups excluding carboxylic acids is 2. The van der Waals surface area contributed by atoms with E-state index in [0.717, 1.165) is 13.2 Å². The number of nitro benzene ring substituents is 1. The quantitative estimate of drug-likeness (QED) is 0.221. The third-order valence-corrected chi connectivity index (χ3v) is 6.83. The average Bonchev–Trinajstić information content (AvgIpc) is 2.92. The second-order valence-corrected chi connectivity index (χ2v) is 10.5. The second kappa shape index (κ2) is 12.8. The van der Waals surface area contributed by atoms with Gasteiger partial charge in [-0.3, -0.25) is 25.8 Å². The summed E-state index contributed by atoms with van der Waals surface area (Å²) in [6.07, 6.45) is -5.11.